The van der Waals surface area contributed by atoms with E-state index in [1.165, 1.54) is 0 Å². The molecule has 2 aromatic carbocycles. The van der Waals surface area contributed by atoms with Gasteiger partial charge in [0.05, 0.1) is 18.7 Å². The number of methoxy groups -OCH3 is 1. The molecule has 0 radical (unpaired) electrons. The van der Waals surface area contributed by atoms with E-state index in [-0.39, 0.29) is 11.9 Å². The maximum atomic E-state index is 13.4. The second kappa shape index (κ2) is 10.9. The third kappa shape index (κ3) is 5.62. The number of nitrogens with one attached hydrogen (secondary N) is 2. The van der Waals surface area contributed by atoms with Gasteiger partial charge in [0, 0.05) is 31.1 Å². The molecule has 0 spiro atoms. The number of hydrogen-bond acceptors (Lipinski definition) is 4. The lowest BCUT2D eigenvalue weighted by Crippen LogP contribution is -2.48. The molecule has 7 heteroatoms. The molecule has 164 valence electrons. The summed E-state index contributed by atoms with van der Waals surface area (Å²) < 4.78 is 10.7. The fourth-order valence-corrected chi connectivity index (χ4v) is 3.93. The van der Waals surface area contributed by atoms with Crippen LogP contribution in [0.3, 0.4) is 0 Å². The van der Waals surface area contributed by atoms with Crippen LogP contribution in [-0.4, -0.2) is 42.8 Å². The van der Waals surface area contributed by atoms with E-state index >= 15 is 0 Å². The summed E-state index contributed by atoms with van der Waals surface area (Å²) in [4.78, 5) is 15.4. The van der Waals surface area contributed by atoms with Crippen molar-refractivity contribution in [2.45, 2.75) is 26.3 Å². The number of nitrogens with zero attached hydrogens (tertiary/aromatic N) is 1. The van der Waals surface area contributed by atoms with Crippen LogP contribution in [0.15, 0.2) is 65.9 Å². The van der Waals surface area contributed by atoms with Crippen LogP contribution in [0.1, 0.15) is 31.9 Å². The fraction of sp³-hybridized carbons (Fsp3) is 0.333. The maximum absolute atomic E-state index is 13.4. The van der Waals surface area contributed by atoms with Gasteiger partial charge >= 0.3 is 0 Å². The summed E-state index contributed by atoms with van der Waals surface area (Å²) in [5, 5.41) is 7.00. The Labute approximate surface area is 189 Å². The van der Waals surface area contributed by atoms with Crippen LogP contribution in [0.5, 0.6) is 5.75 Å². The lowest BCUT2D eigenvalue weighted by molar-refractivity contribution is -0.113. The van der Waals surface area contributed by atoms with Gasteiger partial charge in [-0.2, -0.15) is 0 Å². The number of carbonyl (C=O) groups is 1. The van der Waals surface area contributed by atoms with E-state index in [2.05, 4.69) is 10.6 Å². The van der Waals surface area contributed by atoms with E-state index in [1.807, 2.05) is 73.3 Å². The molecule has 2 aromatic rings. The van der Waals surface area contributed by atoms with Crippen LogP contribution in [0, 0.1) is 0 Å². The molecule has 0 saturated carbocycles. The monoisotopic (exact) mass is 439 g/mol. The molecule has 0 saturated heterocycles. The normalized spacial score (nSPS) is 16.2. The van der Waals surface area contributed by atoms with Gasteiger partial charge in [0.15, 0.2) is 5.11 Å². The second-order valence-electron chi connectivity index (χ2n) is 7.18. The van der Waals surface area contributed by atoms with Gasteiger partial charge in [-0.05, 0) is 62.3 Å². The van der Waals surface area contributed by atoms with Crippen LogP contribution >= 0.6 is 12.2 Å². The van der Waals surface area contributed by atoms with E-state index < -0.39 is 0 Å². The SMILES string of the molecule is CCOCCCN1C(=S)NC(c2ccccc2)C(C(=O)Nc2ccc(OC)cc2)=C1C. The average molecular weight is 440 g/mol. The van der Waals surface area contributed by atoms with Crippen molar-refractivity contribution in [1.82, 2.24) is 10.2 Å². The minimum Gasteiger partial charge on any atom is -0.497 e. The molecule has 1 aliphatic heterocycles. The zero-order valence-corrected chi connectivity index (χ0v) is 19.0. The van der Waals surface area contributed by atoms with Crippen molar-refractivity contribution in [3.05, 3.63) is 71.4 Å². The lowest BCUT2D eigenvalue weighted by Gasteiger charge is -2.38. The number of rotatable bonds is 9. The Morgan fingerprint density at radius 3 is 2.52 bits per heavy atom. The predicted octanol–water partition coefficient (Wildman–Crippen LogP) is 4.27. The molecule has 0 fully saturated rings. The molecule has 1 unspecified atom stereocenters. The minimum atomic E-state index is -0.324. The van der Waals surface area contributed by atoms with Crippen molar-refractivity contribution < 1.29 is 14.3 Å². The van der Waals surface area contributed by atoms with Crippen LogP contribution in [-0.2, 0) is 9.53 Å². The van der Waals surface area contributed by atoms with Crippen molar-refractivity contribution in [2.75, 3.05) is 32.2 Å². The number of amides is 1. The second-order valence-corrected chi connectivity index (χ2v) is 7.56. The largest absolute Gasteiger partial charge is 0.497 e. The maximum Gasteiger partial charge on any atom is 0.255 e. The van der Waals surface area contributed by atoms with Crippen molar-refractivity contribution in [2.24, 2.45) is 0 Å². The zero-order valence-electron chi connectivity index (χ0n) is 18.2. The molecule has 0 bridgehead atoms. The first kappa shape index (κ1) is 22.8. The smallest absolute Gasteiger partial charge is 0.255 e. The summed E-state index contributed by atoms with van der Waals surface area (Å²) in [5.74, 6) is 0.571. The first-order valence-corrected chi connectivity index (χ1v) is 10.8. The highest BCUT2D eigenvalue weighted by molar-refractivity contribution is 7.80. The van der Waals surface area contributed by atoms with Gasteiger partial charge in [-0.3, -0.25) is 4.79 Å². The van der Waals surface area contributed by atoms with Crippen molar-refractivity contribution >= 4 is 28.9 Å². The Balaban J connectivity index is 1.90. The van der Waals surface area contributed by atoms with E-state index in [0.29, 0.717) is 36.1 Å². The van der Waals surface area contributed by atoms with Crippen molar-refractivity contribution in [1.29, 1.82) is 0 Å². The van der Waals surface area contributed by atoms with E-state index in [1.54, 1.807) is 7.11 Å². The predicted molar refractivity (Wildman–Crippen MR) is 127 cm³/mol. The minimum absolute atomic E-state index is 0.165. The van der Waals surface area contributed by atoms with E-state index in [0.717, 1.165) is 23.4 Å². The molecular weight excluding hydrogens is 410 g/mol. The first-order chi connectivity index (χ1) is 15.0. The molecule has 2 N–H and O–H groups in total. The van der Waals surface area contributed by atoms with Crippen LogP contribution in [0.4, 0.5) is 5.69 Å². The molecule has 1 atom stereocenters. The topological polar surface area (TPSA) is 62.8 Å². The fourth-order valence-electron chi connectivity index (χ4n) is 3.58. The molecule has 0 aliphatic carbocycles. The summed E-state index contributed by atoms with van der Waals surface area (Å²) >= 11 is 5.65. The lowest BCUT2D eigenvalue weighted by atomic mass is 9.94. The number of ether oxygens (including phenoxy) is 2. The Morgan fingerprint density at radius 1 is 1.16 bits per heavy atom. The first-order valence-electron chi connectivity index (χ1n) is 10.4. The Hall–Kier alpha value is -2.90. The molecule has 1 aliphatic rings. The Kier molecular flexibility index (Phi) is 8.03. The average Bonchev–Trinajstić information content (AvgIpc) is 2.79. The van der Waals surface area contributed by atoms with Crippen molar-refractivity contribution in [3.8, 4) is 5.75 Å². The molecule has 31 heavy (non-hydrogen) atoms. The summed E-state index contributed by atoms with van der Waals surface area (Å²) in [5.41, 5.74) is 3.18. The number of thiocarbonyl (C=S) groups is 1. The van der Waals surface area contributed by atoms with E-state index in [4.69, 9.17) is 21.7 Å². The molecule has 1 heterocycles. The third-order valence-corrected chi connectivity index (χ3v) is 5.53. The summed E-state index contributed by atoms with van der Waals surface area (Å²) in [6, 6.07) is 16.8. The molecule has 1 amide bonds. The standard InChI is InChI=1S/C24H29N3O3S/c1-4-30-16-8-15-27-17(2)21(22(26-24(27)31)18-9-6-5-7-10-18)23(28)25-19-11-13-20(29-3)14-12-19/h5-7,9-14,22H,4,8,15-16H2,1-3H3,(H,25,28)(H,26,31). The Morgan fingerprint density at radius 2 is 1.87 bits per heavy atom. The Bertz CT molecular complexity index is 929. The van der Waals surface area contributed by atoms with Gasteiger partial charge in [-0.15, -0.1) is 0 Å². The van der Waals surface area contributed by atoms with Gasteiger partial charge in [-0.25, -0.2) is 0 Å². The van der Waals surface area contributed by atoms with E-state index in [9.17, 15) is 4.79 Å². The molecular formula is C24H29N3O3S. The number of benzene rings is 2. The third-order valence-electron chi connectivity index (χ3n) is 5.20. The van der Waals surface area contributed by atoms with Crippen LogP contribution in [0.2, 0.25) is 0 Å². The van der Waals surface area contributed by atoms with Gasteiger partial charge in [-0.1, -0.05) is 30.3 Å². The van der Waals surface area contributed by atoms with Crippen LogP contribution in [0.25, 0.3) is 0 Å². The molecule has 0 aromatic heterocycles. The van der Waals surface area contributed by atoms with Gasteiger partial charge in [0.2, 0.25) is 0 Å². The summed E-state index contributed by atoms with van der Waals surface area (Å²) in [7, 11) is 1.61. The van der Waals surface area contributed by atoms with Crippen LogP contribution < -0.4 is 15.4 Å². The number of allylic oxidation sites excluding steroid dienone is 1. The number of carbonyl (C=O) groups excluding carboxylic acids is 1. The van der Waals surface area contributed by atoms with Gasteiger partial charge in [0.25, 0.3) is 5.91 Å². The highest BCUT2D eigenvalue weighted by Crippen LogP contribution is 2.31. The van der Waals surface area contributed by atoms with Gasteiger partial charge < -0.3 is 25.0 Å². The summed E-state index contributed by atoms with van der Waals surface area (Å²) in [6.07, 6.45) is 0.816. The highest BCUT2D eigenvalue weighted by atomic mass is 32.1. The number of hydrogen-bond donors (Lipinski definition) is 2. The zero-order chi connectivity index (χ0) is 22.2. The van der Waals surface area contributed by atoms with Crippen molar-refractivity contribution in [3.63, 3.8) is 0 Å². The molecule has 3 rings (SSSR count). The van der Waals surface area contributed by atoms with Gasteiger partial charge in [0.1, 0.15) is 5.75 Å². The highest BCUT2D eigenvalue weighted by Gasteiger charge is 2.33. The molecule has 6 nitrogen and oxygen atoms in total. The number of anilines is 1. The summed E-state index contributed by atoms with van der Waals surface area (Å²) in [6.45, 7) is 5.94. The quantitative estimate of drug-likeness (QED) is 0.450.